The van der Waals surface area contributed by atoms with Crippen LogP contribution < -0.4 is 5.32 Å². The summed E-state index contributed by atoms with van der Waals surface area (Å²) < 4.78 is 5.81. The molecule has 0 amide bonds. The second-order valence-corrected chi connectivity index (χ2v) is 5.19. The number of rotatable bonds is 2. The smallest absolute Gasteiger partial charge is 0.0600 e. The summed E-state index contributed by atoms with van der Waals surface area (Å²) in [5.74, 6) is 2.54. The minimum atomic E-state index is 0.523. The van der Waals surface area contributed by atoms with Gasteiger partial charge in [-0.3, -0.25) is 0 Å². The highest BCUT2D eigenvalue weighted by molar-refractivity contribution is 4.83. The van der Waals surface area contributed by atoms with Gasteiger partial charge in [0.05, 0.1) is 6.10 Å². The first-order valence-electron chi connectivity index (χ1n) is 6.09. The number of nitrogens with one attached hydrogen (secondary N) is 1. The highest BCUT2D eigenvalue weighted by atomic mass is 16.5. The molecule has 2 heterocycles. The van der Waals surface area contributed by atoms with Crippen molar-refractivity contribution in [1.82, 2.24) is 5.32 Å². The van der Waals surface area contributed by atoms with Crippen LogP contribution in [-0.4, -0.2) is 25.8 Å². The van der Waals surface area contributed by atoms with Gasteiger partial charge in [0.15, 0.2) is 0 Å². The number of hydrogen-bond donors (Lipinski definition) is 1. The summed E-state index contributed by atoms with van der Waals surface area (Å²) in [6.07, 6.45) is 4.49. The molecule has 0 saturated carbocycles. The van der Waals surface area contributed by atoms with Gasteiger partial charge in [-0.05, 0) is 50.1 Å². The van der Waals surface area contributed by atoms with E-state index in [1.54, 1.807) is 0 Å². The van der Waals surface area contributed by atoms with Gasteiger partial charge in [-0.15, -0.1) is 0 Å². The standard InChI is InChI=1S/C12H23NO/c1-9(2)12-7-10(4-6-14-12)11-3-5-13-8-11/h9-13H,3-8H2,1-2H3. The molecule has 2 heteroatoms. The van der Waals surface area contributed by atoms with E-state index in [2.05, 4.69) is 19.2 Å². The fourth-order valence-electron chi connectivity index (χ4n) is 2.83. The van der Waals surface area contributed by atoms with E-state index in [1.165, 1.54) is 32.4 Å². The first-order valence-corrected chi connectivity index (χ1v) is 6.09. The van der Waals surface area contributed by atoms with Crippen LogP contribution in [-0.2, 0) is 4.74 Å². The minimum Gasteiger partial charge on any atom is -0.378 e. The van der Waals surface area contributed by atoms with Crippen molar-refractivity contribution in [2.24, 2.45) is 17.8 Å². The van der Waals surface area contributed by atoms with Crippen LogP contribution >= 0.6 is 0 Å². The van der Waals surface area contributed by atoms with Crippen LogP contribution in [0.2, 0.25) is 0 Å². The average Bonchev–Trinajstić information content (AvgIpc) is 2.71. The molecule has 0 aliphatic carbocycles. The Morgan fingerprint density at radius 3 is 2.71 bits per heavy atom. The molecule has 2 aliphatic heterocycles. The molecule has 0 spiro atoms. The van der Waals surface area contributed by atoms with E-state index in [4.69, 9.17) is 4.74 Å². The molecule has 2 saturated heterocycles. The Balaban J connectivity index is 1.86. The zero-order chi connectivity index (χ0) is 9.97. The van der Waals surface area contributed by atoms with Crippen LogP contribution in [0.15, 0.2) is 0 Å². The zero-order valence-electron chi connectivity index (χ0n) is 9.46. The molecule has 2 aliphatic rings. The maximum Gasteiger partial charge on any atom is 0.0600 e. The molecule has 0 radical (unpaired) electrons. The summed E-state index contributed by atoms with van der Waals surface area (Å²) in [5, 5.41) is 3.47. The Hall–Kier alpha value is -0.0800. The van der Waals surface area contributed by atoms with Crippen LogP contribution in [0.25, 0.3) is 0 Å². The Morgan fingerprint density at radius 2 is 2.07 bits per heavy atom. The lowest BCUT2D eigenvalue weighted by Gasteiger charge is -2.34. The maximum atomic E-state index is 5.81. The third-order valence-electron chi connectivity index (χ3n) is 3.86. The highest BCUT2D eigenvalue weighted by Gasteiger charge is 2.31. The van der Waals surface area contributed by atoms with Crippen molar-refractivity contribution in [2.75, 3.05) is 19.7 Å². The third kappa shape index (κ3) is 2.29. The lowest BCUT2D eigenvalue weighted by atomic mass is 9.81. The summed E-state index contributed by atoms with van der Waals surface area (Å²) >= 11 is 0. The molecule has 0 bridgehead atoms. The van der Waals surface area contributed by atoms with Crippen LogP contribution in [0.4, 0.5) is 0 Å². The predicted molar refractivity (Wildman–Crippen MR) is 58.3 cm³/mol. The Morgan fingerprint density at radius 1 is 1.21 bits per heavy atom. The SMILES string of the molecule is CC(C)C1CC(C2CCNC2)CCO1. The van der Waals surface area contributed by atoms with Gasteiger partial charge in [-0.25, -0.2) is 0 Å². The third-order valence-corrected chi connectivity index (χ3v) is 3.86. The van der Waals surface area contributed by atoms with E-state index in [0.717, 1.165) is 18.4 Å². The molecule has 82 valence electrons. The highest BCUT2D eigenvalue weighted by Crippen LogP contribution is 2.32. The molecule has 3 atom stereocenters. The van der Waals surface area contributed by atoms with Gasteiger partial charge < -0.3 is 10.1 Å². The predicted octanol–water partition coefficient (Wildman–Crippen LogP) is 2.05. The van der Waals surface area contributed by atoms with Crippen LogP contribution in [0.5, 0.6) is 0 Å². The van der Waals surface area contributed by atoms with Crippen LogP contribution in [0.3, 0.4) is 0 Å². The van der Waals surface area contributed by atoms with Crippen LogP contribution in [0.1, 0.15) is 33.1 Å². The lowest BCUT2D eigenvalue weighted by Crippen LogP contribution is -2.33. The van der Waals surface area contributed by atoms with Crippen molar-refractivity contribution < 1.29 is 4.74 Å². The van der Waals surface area contributed by atoms with Gasteiger partial charge in [-0.2, -0.15) is 0 Å². The number of hydrogen-bond acceptors (Lipinski definition) is 2. The van der Waals surface area contributed by atoms with Crippen molar-refractivity contribution >= 4 is 0 Å². The molecular formula is C12H23NO. The lowest BCUT2D eigenvalue weighted by molar-refractivity contribution is -0.0439. The Kier molecular flexibility index (Phi) is 3.45. The summed E-state index contributed by atoms with van der Waals surface area (Å²) in [4.78, 5) is 0. The summed E-state index contributed by atoms with van der Waals surface area (Å²) in [5.41, 5.74) is 0. The molecule has 2 rings (SSSR count). The van der Waals surface area contributed by atoms with E-state index >= 15 is 0 Å². The van der Waals surface area contributed by atoms with E-state index in [1.807, 2.05) is 0 Å². The summed E-state index contributed by atoms with van der Waals surface area (Å²) in [6.45, 7) is 8.02. The van der Waals surface area contributed by atoms with Crippen molar-refractivity contribution in [3.63, 3.8) is 0 Å². The van der Waals surface area contributed by atoms with Gasteiger partial charge in [0, 0.05) is 6.61 Å². The second kappa shape index (κ2) is 4.63. The van der Waals surface area contributed by atoms with Gasteiger partial charge in [0.1, 0.15) is 0 Å². The average molecular weight is 197 g/mol. The molecule has 1 N–H and O–H groups in total. The van der Waals surface area contributed by atoms with Crippen molar-refractivity contribution in [1.29, 1.82) is 0 Å². The van der Waals surface area contributed by atoms with Crippen molar-refractivity contribution in [3.8, 4) is 0 Å². The maximum absolute atomic E-state index is 5.81. The largest absolute Gasteiger partial charge is 0.378 e. The first-order chi connectivity index (χ1) is 6.77. The molecular weight excluding hydrogens is 174 g/mol. The molecule has 2 fully saturated rings. The fraction of sp³-hybridized carbons (Fsp3) is 1.00. The normalized spacial score (nSPS) is 39.2. The fourth-order valence-corrected chi connectivity index (χ4v) is 2.83. The topological polar surface area (TPSA) is 21.3 Å². The monoisotopic (exact) mass is 197 g/mol. The molecule has 14 heavy (non-hydrogen) atoms. The van der Waals surface area contributed by atoms with Gasteiger partial charge in [-0.1, -0.05) is 13.8 Å². The zero-order valence-corrected chi connectivity index (χ0v) is 9.46. The van der Waals surface area contributed by atoms with E-state index in [-0.39, 0.29) is 0 Å². The Bertz CT molecular complexity index is 175. The van der Waals surface area contributed by atoms with E-state index < -0.39 is 0 Å². The van der Waals surface area contributed by atoms with Gasteiger partial charge in [0.25, 0.3) is 0 Å². The van der Waals surface area contributed by atoms with Gasteiger partial charge in [0.2, 0.25) is 0 Å². The molecule has 0 aromatic heterocycles. The van der Waals surface area contributed by atoms with E-state index in [0.29, 0.717) is 12.0 Å². The Labute approximate surface area is 87.4 Å². The van der Waals surface area contributed by atoms with Crippen LogP contribution in [0, 0.1) is 17.8 Å². The number of ether oxygens (including phenoxy) is 1. The minimum absolute atomic E-state index is 0.523. The molecule has 0 aromatic rings. The first kappa shape index (κ1) is 10.4. The van der Waals surface area contributed by atoms with Crippen molar-refractivity contribution in [3.05, 3.63) is 0 Å². The van der Waals surface area contributed by atoms with Crippen molar-refractivity contribution in [2.45, 2.75) is 39.2 Å². The molecule has 2 nitrogen and oxygen atoms in total. The van der Waals surface area contributed by atoms with E-state index in [9.17, 15) is 0 Å². The summed E-state index contributed by atoms with van der Waals surface area (Å²) in [7, 11) is 0. The quantitative estimate of drug-likeness (QED) is 0.731. The van der Waals surface area contributed by atoms with Gasteiger partial charge >= 0.3 is 0 Å². The molecule has 3 unspecified atom stereocenters. The summed E-state index contributed by atoms with van der Waals surface area (Å²) in [6, 6.07) is 0. The second-order valence-electron chi connectivity index (χ2n) is 5.19. The molecule has 0 aromatic carbocycles.